The molecule has 0 saturated carbocycles. The summed E-state index contributed by atoms with van der Waals surface area (Å²) in [4.78, 5) is 12.7. The number of amidine groups is 1. The van der Waals surface area contributed by atoms with Crippen molar-refractivity contribution in [3.63, 3.8) is 0 Å². The summed E-state index contributed by atoms with van der Waals surface area (Å²) in [5.74, 6) is -0.264. The predicted octanol–water partition coefficient (Wildman–Crippen LogP) is 3.11. The first-order chi connectivity index (χ1) is 13.6. The van der Waals surface area contributed by atoms with Crippen LogP contribution in [0.4, 0.5) is 0 Å². The van der Waals surface area contributed by atoms with Gasteiger partial charge in [-0.3, -0.25) is 10.2 Å². The molecule has 2 aromatic carbocycles. The van der Waals surface area contributed by atoms with E-state index in [1.807, 2.05) is 55.5 Å². The van der Waals surface area contributed by atoms with Gasteiger partial charge < -0.3 is 15.8 Å². The normalized spacial score (nSPS) is 11.3. The standard InChI is InChI=1S/C21H23N5O2.ClH/c1-2-28-21(26-13-12-18(25-26)16-6-4-3-5-7-16)20(27)24-14-15-8-10-17(11-9-15)19(22)23;/h3-13,21H,2,14H2,1H3,(H3,22,23)(H,24,27);1H/t21-;/m0./s1. The fourth-order valence-corrected chi connectivity index (χ4v) is 2.74. The third-order valence-corrected chi connectivity index (χ3v) is 4.20. The number of carbonyl (C=O) groups is 1. The van der Waals surface area contributed by atoms with Crippen LogP contribution in [0, 0.1) is 5.41 Å². The average molecular weight is 414 g/mol. The molecule has 0 aliphatic heterocycles. The second kappa shape index (κ2) is 10.4. The van der Waals surface area contributed by atoms with Gasteiger partial charge in [0, 0.05) is 30.5 Å². The van der Waals surface area contributed by atoms with E-state index in [4.69, 9.17) is 15.9 Å². The number of carbonyl (C=O) groups excluding carboxylic acids is 1. The molecular formula is C21H24ClN5O2. The molecule has 29 heavy (non-hydrogen) atoms. The Morgan fingerprint density at radius 3 is 2.48 bits per heavy atom. The Morgan fingerprint density at radius 1 is 1.17 bits per heavy atom. The maximum atomic E-state index is 12.7. The Morgan fingerprint density at radius 2 is 1.86 bits per heavy atom. The molecule has 0 radical (unpaired) electrons. The summed E-state index contributed by atoms with van der Waals surface area (Å²) in [7, 11) is 0. The Hall–Kier alpha value is -3.16. The highest BCUT2D eigenvalue weighted by molar-refractivity contribution is 5.94. The van der Waals surface area contributed by atoms with Gasteiger partial charge in [-0.1, -0.05) is 54.6 Å². The van der Waals surface area contributed by atoms with Gasteiger partial charge >= 0.3 is 0 Å². The van der Waals surface area contributed by atoms with Crippen LogP contribution >= 0.6 is 12.4 Å². The van der Waals surface area contributed by atoms with E-state index >= 15 is 0 Å². The van der Waals surface area contributed by atoms with Crippen molar-refractivity contribution in [2.75, 3.05) is 6.61 Å². The van der Waals surface area contributed by atoms with Crippen LogP contribution in [0.1, 0.15) is 24.3 Å². The zero-order valence-corrected chi connectivity index (χ0v) is 16.9. The van der Waals surface area contributed by atoms with E-state index < -0.39 is 6.23 Å². The molecule has 0 unspecified atom stereocenters. The van der Waals surface area contributed by atoms with Crippen LogP contribution in [-0.4, -0.2) is 28.1 Å². The molecule has 1 aromatic heterocycles. The van der Waals surface area contributed by atoms with Gasteiger partial charge in [-0.25, -0.2) is 4.68 Å². The number of benzene rings is 2. The molecule has 7 nitrogen and oxygen atoms in total. The summed E-state index contributed by atoms with van der Waals surface area (Å²) >= 11 is 0. The van der Waals surface area contributed by atoms with Crippen molar-refractivity contribution < 1.29 is 9.53 Å². The molecule has 0 aliphatic carbocycles. The van der Waals surface area contributed by atoms with Crippen LogP contribution in [0.15, 0.2) is 66.9 Å². The molecule has 1 heterocycles. The number of nitrogens with two attached hydrogens (primary N) is 1. The number of hydrogen-bond acceptors (Lipinski definition) is 4. The Labute approximate surface area is 175 Å². The number of aromatic nitrogens is 2. The first kappa shape index (κ1) is 22.1. The van der Waals surface area contributed by atoms with Gasteiger partial charge in [0.05, 0.1) is 5.69 Å². The van der Waals surface area contributed by atoms with E-state index in [2.05, 4.69) is 10.4 Å². The Kier molecular flexibility index (Phi) is 7.94. The van der Waals surface area contributed by atoms with E-state index in [1.165, 1.54) is 4.68 Å². The van der Waals surface area contributed by atoms with Crippen LogP contribution in [0.5, 0.6) is 0 Å². The smallest absolute Gasteiger partial charge is 0.272 e. The fraction of sp³-hybridized carbons (Fsp3) is 0.190. The zero-order valence-electron chi connectivity index (χ0n) is 16.0. The highest BCUT2D eigenvalue weighted by atomic mass is 35.5. The minimum Gasteiger partial charge on any atom is -0.384 e. The lowest BCUT2D eigenvalue weighted by Gasteiger charge is -2.17. The van der Waals surface area contributed by atoms with Crippen molar-refractivity contribution in [2.45, 2.75) is 19.7 Å². The number of rotatable bonds is 8. The van der Waals surface area contributed by atoms with E-state index in [0.29, 0.717) is 18.7 Å². The number of amides is 1. The summed E-state index contributed by atoms with van der Waals surface area (Å²) in [6, 6.07) is 18.8. The molecule has 3 aromatic rings. The van der Waals surface area contributed by atoms with Crippen molar-refractivity contribution >= 4 is 24.1 Å². The number of hydrogen-bond donors (Lipinski definition) is 3. The lowest BCUT2D eigenvalue weighted by atomic mass is 10.1. The van der Waals surface area contributed by atoms with Crippen LogP contribution in [0.2, 0.25) is 0 Å². The lowest BCUT2D eigenvalue weighted by molar-refractivity contribution is -0.139. The number of ether oxygens (including phenoxy) is 1. The molecule has 152 valence electrons. The van der Waals surface area contributed by atoms with Crippen LogP contribution in [-0.2, 0) is 16.1 Å². The second-order valence-corrected chi connectivity index (χ2v) is 6.18. The summed E-state index contributed by atoms with van der Waals surface area (Å²) < 4.78 is 7.15. The van der Waals surface area contributed by atoms with Crippen molar-refractivity contribution in [3.8, 4) is 11.3 Å². The van der Waals surface area contributed by atoms with Gasteiger partial charge in [-0.2, -0.15) is 5.10 Å². The molecule has 1 atom stereocenters. The van der Waals surface area contributed by atoms with E-state index in [0.717, 1.165) is 16.8 Å². The summed E-state index contributed by atoms with van der Waals surface area (Å²) in [5, 5.41) is 14.8. The summed E-state index contributed by atoms with van der Waals surface area (Å²) in [6.07, 6.45) is 0.892. The zero-order chi connectivity index (χ0) is 19.9. The number of nitrogen functional groups attached to an aromatic ring is 1. The van der Waals surface area contributed by atoms with Gasteiger partial charge in [0.15, 0.2) is 0 Å². The molecular weight excluding hydrogens is 390 g/mol. The quantitative estimate of drug-likeness (QED) is 0.389. The number of nitrogens with zero attached hydrogens (tertiary/aromatic N) is 2. The Balaban J connectivity index is 0.00000300. The second-order valence-electron chi connectivity index (χ2n) is 6.18. The average Bonchev–Trinajstić information content (AvgIpc) is 3.21. The molecule has 0 bridgehead atoms. The van der Waals surface area contributed by atoms with Crippen LogP contribution in [0.3, 0.4) is 0 Å². The molecule has 0 saturated heterocycles. The number of halogens is 1. The largest absolute Gasteiger partial charge is 0.384 e. The van der Waals surface area contributed by atoms with E-state index in [1.54, 1.807) is 18.3 Å². The monoisotopic (exact) mass is 413 g/mol. The minimum absolute atomic E-state index is 0. The molecule has 3 rings (SSSR count). The van der Waals surface area contributed by atoms with Crippen molar-refractivity contribution in [1.82, 2.24) is 15.1 Å². The minimum atomic E-state index is -0.848. The molecule has 0 spiro atoms. The Bertz CT molecular complexity index is 941. The molecule has 0 aliphatic rings. The van der Waals surface area contributed by atoms with Gasteiger partial charge in [0.1, 0.15) is 5.84 Å². The number of nitrogens with one attached hydrogen (secondary N) is 2. The van der Waals surface area contributed by atoms with E-state index in [9.17, 15) is 4.79 Å². The van der Waals surface area contributed by atoms with Gasteiger partial charge in [-0.15, -0.1) is 12.4 Å². The molecule has 8 heteroatoms. The van der Waals surface area contributed by atoms with Gasteiger partial charge in [-0.05, 0) is 18.6 Å². The summed E-state index contributed by atoms with van der Waals surface area (Å²) in [6.45, 7) is 2.56. The maximum Gasteiger partial charge on any atom is 0.272 e. The SMILES string of the molecule is CCO[C@@H](C(=O)NCc1ccc(C(=N)N)cc1)n1ccc(-c2ccccc2)n1.Cl. The first-order valence-electron chi connectivity index (χ1n) is 9.01. The molecule has 0 fully saturated rings. The molecule has 4 N–H and O–H groups in total. The van der Waals surface area contributed by atoms with Crippen LogP contribution in [0.25, 0.3) is 11.3 Å². The van der Waals surface area contributed by atoms with Crippen LogP contribution < -0.4 is 11.1 Å². The topological polar surface area (TPSA) is 106 Å². The van der Waals surface area contributed by atoms with Crippen molar-refractivity contribution in [2.24, 2.45) is 5.73 Å². The van der Waals surface area contributed by atoms with E-state index in [-0.39, 0.29) is 24.1 Å². The van der Waals surface area contributed by atoms with Gasteiger partial charge in [0.25, 0.3) is 5.91 Å². The third kappa shape index (κ3) is 5.66. The lowest BCUT2D eigenvalue weighted by Crippen LogP contribution is -2.34. The molecule has 1 amide bonds. The maximum absolute atomic E-state index is 12.7. The van der Waals surface area contributed by atoms with Crippen molar-refractivity contribution in [1.29, 1.82) is 5.41 Å². The fourth-order valence-electron chi connectivity index (χ4n) is 2.74. The highest BCUT2D eigenvalue weighted by Gasteiger charge is 2.21. The predicted molar refractivity (Wildman–Crippen MR) is 115 cm³/mol. The highest BCUT2D eigenvalue weighted by Crippen LogP contribution is 2.18. The first-order valence-corrected chi connectivity index (χ1v) is 9.01. The third-order valence-electron chi connectivity index (χ3n) is 4.20. The van der Waals surface area contributed by atoms with Crippen molar-refractivity contribution in [3.05, 3.63) is 78.0 Å². The summed E-state index contributed by atoms with van der Waals surface area (Å²) in [5.41, 5.74) is 8.75. The van der Waals surface area contributed by atoms with Gasteiger partial charge in [0.2, 0.25) is 6.23 Å².